The molecule has 11 heteroatoms. The first-order valence-electron chi connectivity index (χ1n) is 12.4. The van der Waals surface area contributed by atoms with Crippen LogP contribution >= 0.6 is 0 Å². The van der Waals surface area contributed by atoms with Crippen molar-refractivity contribution in [1.29, 1.82) is 0 Å². The first-order chi connectivity index (χ1) is 18.1. The summed E-state index contributed by atoms with van der Waals surface area (Å²) < 4.78 is 35.2. The number of aryl methyl sites for hydroxylation is 1. The highest BCUT2D eigenvalue weighted by atomic mass is 32.2. The summed E-state index contributed by atoms with van der Waals surface area (Å²) in [7, 11) is -0.677. The van der Waals surface area contributed by atoms with E-state index in [9.17, 15) is 18.3 Å². The van der Waals surface area contributed by atoms with E-state index in [0.29, 0.717) is 5.56 Å². The summed E-state index contributed by atoms with van der Waals surface area (Å²) in [5.74, 6) is -0.437. The Labute approximate surface area is 223 Å². The van der Waals surface area contributed by atoms with E-state index in [2.05, 4.69) is 9.97 Å². The van der Waals surface area contributed by atoms with Crippen molar-refractivity contribution in [3.05, 3.63) is 71.8 Å². The number of amides is 1. The molecule has 202 valence electrons. The quantitative estimate of drug-likeness (QED) is 0.467. The van der Waals surface area contributed by atoms with E-state index in [1.165, 1.54) is 23.9 Å². The maximum atomic E-state index is 13.6. The van der Waals surface area contributed by atoms with Crippen molar-refractivity contribution in [1.82, 2.24) is 23.7 Å². The maximum Gasteiger partial charge on any atom is 0.261 e. The Morgan fingerprint density at radius 3 is 2.58 bits per heavy atom. The summed E-state index contributed by atoms with van der Waals surface area (Å²) in [5, 5.41) is 9.81. The van der Waals surface area contributed by atoms with Gasteiger partial charge in [-0.1, -0.05) is 49.4 Å². The molecule has 0 spiro atoms. The van der Waals surface area contributed by atoms with Gasteiger partial charge < -0.3 is 19.3 Å². The van der Waals surface area contributed by atoms with Gasteiger partial charge in [-0.2, -0.15) is 4.31 Å². The Kier molecular flexibility index (Phi) is 8.29. The second-order valence-corrected chi connectivity index (χ2v) is 11.6. The van der Waals surface area contributed by atoms with E-state index in [4.69, 9.17) is 4.74 Å². The van der Waals surface area contributed by atoms with Gasteiger partial charge in [-0.3, -0.25) is 4.79 Å². The highest BCUT2D eigenvalue weighted by molar-refractivity contribution is 7.89. The van der Waals surface area contributed by atoms with Crippen molar-refractivity contribution in [2.75, 3.05) is 26.7 Å². The van der Waals surface area contributed by atoms with Gasteiger partial charge in [0.2, 0.25) is 5.88 Å². The number of pyridine rings is 1. The molecule has 2 aromatic heterocycles. The van der Waals surface area contributed by atoms with Gasteiger partial charge >= 0.3 is 0 Å². The van der Waals surface area contributed by atoms with E-state index < -0.39 is 22.2 Å². The summed E-state index contributed by atoms with van der Waals surface area (Å²) in [6, 6.07) is 11.0. The summed E-state index contributed by atoms with van der Waals surface area (Å²) in [5.41, 5.74) is 1.97. The van der Waals surface area contributed by atoms with Crippen LogP contribution in [0.25, 0.3) is 12.2 Å². The second-order valence-electron chi connectivity index (χ2n) is 9.65. The lowest BCUT2D eigenvalue weighted by molar-refractivity contribution is 0.0373. The zero-order chi connectivity index (χ0) is 27.4. The summed E-state index contributed by atoms with van der Waals surface area (Å²) in [6.07, 6.45) is 7.66. The lowest BCUT2D eigenvalue weighted by Gasteiger charge is -2.37. The van der Waals surface area contributed by atoms with E-state index in [0.717, 1.165) is 5.56 Å². The number of aliphatic hydroxyl groups excluding tert-OH is 1. The molecule has 4 rings (SSSR count). The number of nitrogens with zero attached hydrogens (tertiary/aromatic N) is 5. The molecule has 0 aliphatic carbocycles. The van der Waals surface area contributed by atoms with Crippen LogP contribution in [0.5, 0.6) is 5.88 Å². The highest BCUT2D eigenvalue weighted by Crippen LogP contribution is 2.28. The van der Waals surface area contributed by atoms with Crippen LogP contribution in [0, 0.1) is 5.92 Å². The van der Waals surface area contributed by atoms with Crippen molar-refractivity contribution in [3.63, 3.8) is 0 Å². The number of hydrogen-bond donors (Lipinski definition) is 1. The van der Waals surface area contributed by atoms with Crippen molar-refractivity contribution in [3.8, 4) is 5.88 Å². The van der Waals surface area contributed by atoms with Crippen LogP contribution in [0.4, 0.5) is 0 Å². The summed E-state index contributed by atoms with van der Waals surface area (Å²) in [4.78, 5) is 23.6. The third-order valence-corrected chi connectivity index (χ3v) is 8.31. The molecule has 3 atom stereocenters. The number of benzene rings is 1. The zero-order valence-electron chi connectivity index (χ0n) is 21.9. The first-order valence-corrected chi connectivity index (χ1v) is 13.8. The Balaban J connectivity index is 1.66. The van der Waals surface area contributed by atoms with Crippen molar-refractivity contribution in [2.24, 2.45) is 13.0 Å². The fourth-order valence-electron chi connectivity index (χ4n) is 4.22. The van der Waals surface area contributed by atoms with Crippen molar-refractivity contribution < 1.29 is 23.1 Å². The normalized spacial score (nSPS) is 19.2. The van der Waals surface area contributed by atoms with Gasteiger partial charge in [-0.25, -0.2) is 18.4 Å². The number of carbonyl (C=O) groups excluding carboxylic acids is 1. The number of aliphatic hydroxyl groups is 1. The Morgan fingerprint density at radius 2 is 1.92 bits per heavy atom. The van der Waals surface area contributed by atoms with Gasteiger partial charge in [0.1, 0.15) is 11.7 Å². The first kappa shape index (κ1) is 27.5. The molecule has 0 fully saturated rings. The fourth-order valence-corrected chi connectivity index (χ4v) is 5.36. The number of aromatic nitrogens is 3. The van der Waals surface area contributed by atoms with E-state index in [1.54, 1.807) is 35.7 Å². The minimum atomic E-state index is -3.85. The van der Waals surface area contributed by atoms with Gasteiger partial charge in [-0.15, -0.1) is 0 Å². The molecule has 0 saturated heterocycles. The van der Waals surface area contributed by atoms with Gasteiger partial charge in [0.15, 0.2) is 5.03 Å². The molecular formula is C27H33N5O5S. The molecule has 3 heterocycles. The lowest BCUT2D eigenvalue weighted by Crippen LogP contribution is -2.50. The topological polar surface area (TPSA) is 118 Å². The smallest absolute Gasteiger partial charge is 0.261 e. The largest absolute Gasteiger partial charge is 0.472 e. The van der Waals surface area contributed by atoms with E-state index in [1.807, 2.05) is 49.4 Å². The van der Waals surface area contributed by atoms with Crippen LogP contribution in [-0.2, 0) is 17.1 Å². The predicted molar refractivity (Wildman–Crippen MR) is 144 cm³/mol. The molecule has 1 amide bonds. The minimum absolute atomic E-state index is 0.0202. The molecule has 1 aliphatic rings. The molecule has 1 aliphatic heterocycles. The van der Waals surface area contributed by atoms with E-state index in [-0.39, 0.29) is 48.0 Å². The van der Waals surface area contributed by atoms with Crippen LogP contribution in [0.3, 0.4) is 0 Å². The number of imidazole rings is 1. The Hall–Kier alpha value is -3.54. The number of carbonyl (C=O) groups is 1. The predicted octanol–water partition coefficient (Wildman–Crippen LogP) is 2.53. The fraction of sp³-hybridized carbons (Fsp3) is 0.370. The number of rotatable bonds is 8. The summed E-state index contributed by atoms with van der Waals surface area (Å²) in [6.45, 7) is 3.73. The molecule has 0 saturated carbocycles. The van der Waals surface area contributed by atoms with Crippen LogP contribution in [0.1, 0.15) is 35.3 Å². The van der Waals surface area contributed by atoms with Crippen LogP contribution in [0.2, 0.25) is 0 Å². The Bertz CT molecular complexity index is 1410. The maximum absolute atomic E-state index is 13.6. The van der Waals surface area contributed by atoms with Crippen molar-refractivity contribution in [2.45, 2.75) is 31.0 Å². The summed E-state index contributed by atoms with van der Waals surface area (Å²) >= 11 is 0. The van der Waals surface area contributed by atoms with Crippen LogP contribution < -0.4 is 4.74 Å². The molecule has 38 heavy (non-hydrogen) atoms. The molecule has 3 aromatic rings. The van der Waals surface area contributed by atoms with Crippen molar-refractivity contribution >= 4 is 28.1 Å². The number of likely N-dealkylation sites (N-methyl/N-ethyl adjacent to an activating group) is 1. The molecule has 0 bridgehead atoms. The number of hydrogen-bond acceptors (Lipinski definition) is 7. The SMILES string of the molecule is C[C@H]1CN([C@@H](C)CO)C(=O)c2cc(/C=C/c3ccccc3)cnc2O[C@@H]1CN(C)S(=O)(=O)c1cn(C)cn1. The molecule has 10 nitrogen and oxygen atoms in total. The highest BCUT2D eigenvalue weighted by Gasteiger charge is 2.36. The monoisotopic (exact) mass is 539 g/mol. The standard InChI is InChI=1S/C27H33N5O5S/c1-19-14-32(20(2)17-33)27(34)23-12-22(11-10-21-8-6-5-7-9-21)13-28-26(23)37-24(19)15-31(4)38(35,36)25-16-30(3)18-29-25/h5-13,16,18-20,24,33H,14-15,17H2,1-4H3/b11-10+/t19-,20-,24+/m0/s1. The van der Waals surface area contributed by atoms with Gasteiger partial charge in [0.25, 0.3) is 15.9 Å². The van der Waals surface area contributed by atoms with Gasteiger partial charge in [0, 0.05) is 39.0 Å². The lowest BCUT2D eigenvalue weighted by atomic mass is 10.00. The number of fused-ring (bicyclic) bond motifs is 1. The molecule has 0 radical (unpaired) electrons. The van der Waals surface area contributed by atoms with Gasteiger partial charge in [0.05, 0.1) is 25.5 Å². The Morgan fingerprint density at radius 1 is 1.21 bits per heavy atom. The molecular weight excluding hydrogens is 506 g/mol. The number of ether oxygens (including phenoxy) is 1. The molecule has 1 aromatic carbocycles. The second kappa shape index (κ2) is 11.5. The zero-order valence-corrected chi connectivity index (χ0v) is 22.7. The van der Waals surface area contributed by atoms with Crippen LogP contribution in [0.15, 0.2) is 60.1 Å². The van der Waals surface area contributed by atoms with E-state index >= 15 is 0 Å². The minimum Gasteiger partial charge on any atom is -0.472 e. The number of sulfonamides is 1. The average Bonchev–Trinajstić information content (AvgIpc) is 3.36. The average molecular weight is 540 g/mol. The third-order valence-electron chi connectivity index (χ3n) is 6.60. The third kappa shape index (κ3) is 5.95. The van der Waals surface area contributed by atoms with Gasteiger partial charge in [-0.05, 0) is 24.1 Å². The molecule has 1 N–H and O–H groups in total. The van der Waals surface area contributed by atoms with Crippen LogP contribution in [-0.4, -0.2) is 82.1 Å². The molecule has 0 unspecified atom stereocenters.